The van der Waals surface area contributed by atoms with Gasteiger partial charge >= 0.3 is 0 Å². The third kappa shape index (κ3) is 4.41. The number of hydrogen-bond donors (Lipinski definition) is 1. The van der Waals surface area contributed by atoms with Gasteiger partial charge in [-0.1, -0.05) is 30.3 Å². The van der Waals surface area contributed by atoms with Crippen molar-refractivity contribution in [1.82, 2.24) is 4.90 Å². The fraction of sp³-hybridized carbons (Fsp3) is 0.385. The first kappa shape index (κ1) is 23.5. The lowest BCUT2D eigenvalue weighted by Crippen LogP contribution is -2.33. The fourth-order valence-corrected chi connectivity index (χ4v) is 4.26. The first-order chi connectivity index (χ1) is 15.2. The second-order valence-corrected chi connectivity index (χ2v) is 8.43. The summed E-state index contributed by atoms with van der Waals surface area (Å²) in [6, 6.07) is 10.6. The molecule has 2 aromatic rings. The van der Waals surface area contributed by atoms with Crippen molar-refractivity contribution in [2.75, 3.05) is 20.3 Å². The highest BCUT2D eigenvalue weighted by molar-refractivity contribution is 6.46. The molecule has 0 aliphatic carbocycles. The van der Waals surface area contributed by atoms with Gasteiger partial charge in [-0.3, -0.25) is 9.59 Å². The number of rotatable bonds is 7. The van der Waals surface area contributed by atoms with Crippen LogP contribution < -0.4 is 4.74 Å². The number of amides is 1. The second kappa shape index (κ2) is 9.57. The number of hydrogen-bond acceptors (Lipinski definition) is 5. The standard InChI is InChI=1S/C26H31NO5/c1-15(2)32-12-11-27-22(19-10-8-7-9-17(19)4)21(24(29)26(27)30)23(28)20-14-16(3)13-18(5)25(20)31-6/h7-10,13-15,22,28H,11-12H2,1-6H3/b23-21+. The lowest BCUT2D eigenvalue weighted by Gasteiger charge is -2.27. The van der Waals surface area contributed by atoms with Gasteiger partial charge in [0.05, 0.1) is 37.0 Å². The van der Waals surface area contributed by atoms with E-state index in [0.29, 0.717) is 17.9 Å². The van der Waals surface area contributed by atoms with Gasteiger partial charge in [0.2, 0.25) is 0 Å². The maximum absolute atomic E-state index is 13.2. The fourth-order valence-electron chi connectivity index (χ4n) is 4.26. The highest BCUT2D eigenvalue weighted by atomic mass is 16.5. The highest BCUT2D eigenvalue weighted by Gasteiger charge is 2.46. The van der Waals surface area contributed by atoms with Crippen molar-refractivity contribution in [1.29, 1.82) is 0 Å². The van der Waals surface area contributed by atoms with Crippen LogP contribution in [0.15, 0.2) is 42.0 Å². The number of aliphatic hydroxyl groups is 1. The Labute approximate surface area is 189 Å². The molecular formula is C26H31NO5. The van der Waals surface area contributed by atoms with Crippen molar-refractivity contribution in [3.05, 3.63) is 69.8 Å². The number of likely N-dealkylation sites (tertiary alicyclic amines) is 1. The number of carbonyl (C=O) groups is 2. The third-order valence-corrected chi connectivity index (χ3v) is 5.68. The Morgan fingerprint density at radius 3 is 2.41 bits per heavy atom. The average Bonchev–Trinajstić information content (AvgIpc) is 2.97. The normalized spacial score (nSPS) is 18.0. The molecule has 2 aromatic carbocycles. The molecule has 0 bridgehead atoms. The van der Waals surface area contributed by atoms with Gasteiger partial charge in [-0.15, -0.1) is 0 Å². The lowest BCUT2D eigenvalue weighted by molar-refractivity contribution is -0.140. The molecule has 0 radical (unpaired) electrons. The summed E-state index contributed by atoms with van der Waals surface area (Å²) in [6.45, 7) is 10.1. The number of Topliss-reactive ketones (excluding diaryl/α,β-unsaturated/α-hetero) is 1. The number of carbonyl (C=O) groups excluding carboxylic acids is 2. The number of nitrogens with zero attached hydrogens (tertiary/aromatic N) is 1. The molecule has 170 valence electrons. The average molecular weight is 438 g/mol. The van der Waals surface area contributed by atoms with E-state index < -0.39 is 17.7 Å². The van der Waals surface area contributed by atoms with Gasteiger partial charge in [-0.25, -0.2) is 0 Å². The summed E-state index contributed by atoms with van der Waals surface area (Å²) in [6.07, 6.45) is 0.00302. The zero-order valence-electron chi connectivity index (χ0n) is 19.6. The zero-order valence-corrected chi connectivity index (χ0v) is 19.6. The van der Waals surface area contributed by atoms with Gasteiger partial charge in [0.15, 0.2) is 0 Å². The van der Waals surface area contributed by atoms with Crippen LogP contribution in [0.5, 0.6) is 5.75 Å². The van der Waals surface area contributed by atoms with Crippen LogP contribution in [-0.4, -0.2) is 48.1 Å². The molecule has 0 aromatic heterocycles. The van der Waals surface area contributed by atoms with E-state index in [-0.39, 0.29) is 24.0 Å². The zero-order chi connectivity index (χ0) is 23.6. The first-order valence-corrected chi connectivity index (χ1v) is 10.8. The Kier molecular flexibility index (Phi) is 7.04. The molecule has 6 nitrogen and oxygen atoms in total. The van der Waals surface area contributed by atoms with Crippen molar-refractivity contribution in [3.63, 3.8) is 0 Å². The number of benzene rings is 2. The summed E-state index contributed by atoms with van der Waals surface area (Å²) in [5.41, 5.74) is 3.93. The summed E-state index contributed by atoms with van der Waals surface area (Å²) in [5, 5.41) is 11.4. The summed E-state index contributed by atoms with van der Waals surface area (Å²) < 4.78 is 11.2. The molecule has 1 aliphatic rings. The van der Waals surface area contributed by atoms with Crippen molar-refractivity contribution in [2.45, 2.75) is 46.8 Å². The molecule has 1 atom stereocenters. The van der Waals surface area contributed by atoms with Crippen LogP contribution in [-0.2, 0) is 14.3 Å². The summed E-state index contributed by atoms with van der Waals surface area (Å²) in [4.78, 5) is 27.7. The van der Waals surface area contributed by atoms with E-state index in [0.717, 1.165) is 22.3 Å². The molecule has 1 unspecified atom stereocenters. The molecule has 1 fully saturated rings. The SMILES string of the molecule is COc1c(C)cc(C)cc1/C(O)=C1\C(=O)C(=O)N(CCOC(C)C)C1c1ccccc1C. The van der Waals surface area contributed by atoms with E-state index in [2.05, 4.69) is 0 Å². The number of ketones is 1. The van der Waals surface area contributed by atoms with Crippen LogP contribution in [0.1, 0.15) is 47.7 Å². The minimum atomic E-state index is -0.711. The van der Waals surface area contributed by atoms with Crippen LogP contribution in [0.4, 0.5) is 0 Å². The van der Waals surface area contributed by atoms with Crippen LogP contribution in [0.3, 0.4) is 0 Å². The van der Waals surface area contributed by atoms with E-state index in [4.69, 9.17) is 9.47 Å². The largest absolute Gasteiger partial charge is 0.507 e. The minimum absolute atomic E-state index is 0.00302. The Hall–Kier alpha value is -3.12. The molecule has 1 amide bonds. The Balaban J connectivity index is 2.21. The van der Waals surface area contributed by atoms with Crippen LogP contribution in [0, 0.1) is 20.8 Å². The van der Waals surface area contributed by atoms with Crippen LogP contribution in [0.2, 0.25) is 0 Å². The lowest BCUT2D eigenvalue weighted by atomic mass is 9.91. The summed E-state index contributed by atoms with van der Waals surface area (Å²) in [7, 11) is 1.52. The second-order valence-electron chi connectivity index (χ2n) is 8.43. The van der Waals surface area contributed by atoms with Gasteiger partial charge in [0.25, 0.3) is 11.7 Å². The number of ether oxygens (including phenoxy) is 2. The van der Waals surface area contributed by atoms with Gasteiger partial charge in [-0.2, -0.15) is 0 Å². The van der Waals surface area contributed by atoms with E-state index in [9.17, 15) is 14.7 Å². The molecule has 0 saturated carbocycles. The smallest absolute Gasteiger partial charge is 0.295 e. The van der Waals surface area contributed by atoms with Crippen molar-refractivity contribution in [2.24, 2.45) is 0 Å². The Morgan fingerprint density at radius 2 is 1.78 bits per heavy atom. The summed E-state index contributed by atoms with van der Waals surface area (Å²) in [5.74, 6) is -1.10. The molecule has 1 aliphatic heterocycles. The topological polar surface area (TPSA) is 76.1 Å². The predicted octanol–water partition coefficient (Wildman–Crippen LogP) is 4.47. The Morgan fingerprint density at radius 1 is 1.09 bits per heavy atom. The third-order valence-electron chi connectivity index (χ3n) is 5.68. The highest BCUT2D eigenvalue weighted by Crippen LogP contribution is 2.42. The first-order valence-electron chi connectivity index (χ1n) is 10.8. The molecule has 1 N–H and O–H groups in total. The quantitative estimate of drug-likeness (QED) is 0.393. The molecule has 0 spiro atoms. The van der Waals surface area contributed by atoms with E-state index >= 15 is 0 Å². The van der Waals surface area contributed by atoms with Crippen LogP contribution >= 0.6 is 0 Å². The molecule has 1 saturated heterocycles. The van der Waals surface area contributed by atoms with E-state index in [1.54, 1.807) is 6.07 Å². The maximum atomic E-state index is 13.2. The van der Waals surface area contributed by atoms with Crippen molar-refractivity contribution < 1.29 is 24.2 Å². The predicted molar refractivity (Wildman–Crippen MR) is 124 cm³/mol. The van der Waals surface area contributed by atoms with Crippen molar-refractivity contribution >= 4 is 17.4 Å². The summed E-state index contributed by atoms with van der Waals surface area (Å²) >= 11 is 0. The van der Waals surface area contributed by atoms with Gasteiger partial charge in [-0.05, 0) is 62.9 Å². The molecule has 6 heteroatoms. The molecular weight excluding hydrogens is 406 g/mol. The molecule has 3 rings (SSSR count). The minimum Gasteiger partial charge on any atom is -0.507 e. The number of aliphatic hydroxyl groups excluding tert-OH is 1. The van der Waals surface area contributed by atoms with Gasteiger partial charge < -0.3 is 19.5 Å². The van der Waals surface area contributed by atoms with E-state index in [1.807, 2.05) is 65.0 Å². The number of aryl methyl sites for hydroxylation is 3. The monoisotopic (exact) mass is 437 g/mol. The van der Waals surface area contributed by atoms with Gasteiger partial charge in [0, 0.05) is 6.54 Å². The molecule has 1 heterocycles. The van der Waals surface area contributed by atoms with Crippen LogP contribution in [0.25, 0.3) is 5.76 Å². The van der Waals surface area contributed by atoms with Crippen molar-refractivity contribution in [3.8, 4) is 5.75 Å². The molecule has 32 heavy (non-hydrogen) atoms. The van der Waals surface area contributed by atoms with Gasteiger partial charge in [0.1, 0.15) is 11.5 Å². The Bertz CT molecular complexity index is 1070. The number of methoxy groups -OCH3 is 1. The maximum Gasteiger partial charge on any atom is 0.295 e. The van der Waals surface area contributed by atoms with E-state index in [1.165, 1.54) is 12.0 Å².